The molecule has 38 heavy (non-hydrogen) atoms. The summed E-state index contributed by atoms with van der Waals surface area (Å²) in [6, 6.07) is 4.03. The van der Waals surface area contributed by atoms with E-state index >= 15 is 0 Å². The van der Waals surface area contributed by atoms with Gasteiger partial charge in [0.1, 0.15) is 17.3 Å². The fraction of sp³-hybridized carbons (Fsp3) is 0.240. The van der Waals surface area contributed by atoms with Gasteiger partial charge >= 0.3 is 5.69 Å². The minimum atomic E-state index is -1.91. The minimum absolute atomic E-state index is 0.116. The second-order valence-corrected chi connectivity index (χ2v) is 9.19. The number of carbonyl (C=O) groups is 1. The van der Waals surface area contributed by atoms with E-state index in [9.17, 15) is 38.8 Å². The van der Waals surface area contributed by atoms with Crippen molar-refractivity contribution in [3.8, 4) is 5.88 Å². The average molecular weight is 549 g/mol. The lowest BCUT2D eigenvalue weighted by Gasteiger charge is -2.31. The van der Waals surface area contributed by atoms with E-state index in [1.165, 1.54) is 12.3 Å². The van der Waals surface area contributed by atoms with Gasteiger partial charge in [0.05, 0.1) is 25.5 Å². The number of aliphatic imine (C=N–C) groups is 1. The number of hydrogen-bond acceptors (Lipinski definition) is 7. The van der Waals surface area contributed by atoms with Crippen LogP contribution >= 0.6 is 11.6 Å². The second-order valence-electron chi connectivity index (χ2n) is 8.78. The van der Waals surface area contributed by atoms with Crippen LogP contribution in [0, 0.1) is 18.6 Å². The standard InChI is InChI=1S/C25H23ClF2N4O6/c1-12-16(26)4-3-15-14(8-29-20(12)15)7-19-23(37)32(24(38)30-19)21(13-2-5-17(27)18(28)6-13)22(36)31-25(9-33,10-34)11-35/h2-8,21,33-35,37H,9-11H2,1H3,(H,30,38)(H,31,36). The lowest BCUT2D eigenvalue weighted by Crippen LogP contribution is -2.58. The Morgan fingerprint density at radius 2 is 1.87 bits per heavy atom. The van der Waals surface area contributed by atoms with Crippen LogP contribution in [0.3, 0.4) is 0 Å². The first kappa shape index (κ1) is 27.2. The van der Waals surface area contributed by atoms with Gasteiger partial charge in [0.15, 0.2) is 11.6 Å². The molecule has 1 amide bonds. The highest BCUT2D eigenvalue weighted by Gasteiger charge is 2.36. The summed E-state index contributed by atoms with van der Waals surface area (Å²) in [4.78, 5) is 33.1. The molecule has 0 aliphatic carbocycles. The highest BCUT2D eigenvalue weighted by Crippen LogP contribution is 2.39. The van der Waals surface area contributed by atoms with Crippen LogP contribution < -0.4 is 11.0 Å². The van der Waals surface area contributed by atoms with E-state index in [0.717, 1.165) is 17.7 Å². The number of rotatable bonds is 8. The number of aromatic hydroxyl groups is 1. The minimum Gasteiger partial charge on any atom is -0.493 e. The number of imidazole rings is 1. The van der Waals surface area contributed by atoms with Gasteiger partial charge < -0.3 is 30.7 Å². The van der Waals surface area contributed by atoms with Crippen LogP contribution in [0.25, 0.3) is 11.6 Å². The van der Waals surface area contributed by atoms with Crippen LogP contribution in [0.2, 0.25) is 5.02 Å². The Balaban J connectivity index is 1.83. The molecule has 4 rings (SSSR count). The number of aliphatic hydroxyl groups excluding tert-OH is 3. The largest absolute Gasteiger partial charge is 0.493 e. The monoisotopic (exact) mass is 548 g/mol. The first-order chi connectivity index (χ1) is 18.1. The number of halogens is 3. The number of aromatic amines is 1. The molecule has 0 fully saturated rings. The fourth-order valence-corrected chi connectivity index (χ4v) is 4.20. The molecule has 0 spiro atoms. The molecule has 2 heterocycles. The summed E-state index contributed by atoms with van der Waals surface area (Å²) in [5.41, 5.74) is -0.716. The van der Waals surface area contributed by atoms with Crippen molar-refractivity contribution in [2.45, 2.75) is 18.5 Å². The van der Waals surface area contributed by atoms with Gasteiger partial charge in [-0.15, -0.1) is 0 Å². The van der Waals surface area contributed by atoms with Gasteiger partial charge in [-0.3, -0.25) is 9.79 Å². The Labute approximate surface area is 219 Å². The summed E-state index contributed by atoms with van der Waals surface area (Å²) in [6.07, 6.45) is 2.91. The molecule has 10 nitrogen and oxygen atoms in total. The Morgan fingerprint density at radius 1 is 1.18 bits per heavy atom. The van der Waals surface area contributed by atoms with Crippen LogP contribution in [-0.4, -0.2) is 67.5 Å². The Kier molecular flexibility index (Phi) is 7.51. The van der Waals surface area contributed by atoms with Gasteiger partial charge in [0.2, 0.25) is 11.8 Å². The van der Waals surface area contributed by atoms with Crippen molar-refractivity contribution < 1.29 is 34.0 Å². The highest BCUT2D eigenvalue weighted by molar-refractivity contribution is 6.32. The Bertz CT molecular complexity index is 1520. The molecule has 0 saturated heterocycles. The molecule has 13 heteroatoms. The third kappa shape index (κ3) is 4.74. The maximum absolute atomic E-state index is 14.1. The smallest absolute Gasteiger partial charge is 0.329 e. The van der Waals surface area contributed by atoms with Gasteiger partial charge in [-0.2, -0.15) is 0 Å². The van der Waals surface area contributed by atoms with Crippen LogP contribution in [-0.2, 0) is 4.79 Å². The predicted molar refractivity (Wildman–Crippen MR) is 136 cm³/mol. The molecular weight excluding hydrogens is 526 g/mol. The first-order valence-electron chi connectivity index (χ1n) is 11.2. The summed E-state index contributed by atoms with van der Waals surface area (Å²) >= 11 is 6.15. The molecule has 3 aromatic rings. The van der Waals surface area contributed by atoms with Crippen LogP contribution in [0.1, 0.15) is 28.4 Å². The molecule has 0 saturated carbocycles. The zero-order chi connectivity index (χ0) is 27.8. The van der Waals surface area contributed by atoms with Crippen molar-refractivity contribution in [1.82, 2.24) is 14.9 Å². The van der Waals surface area contributed by atoms with E-state index in [0.29, 0.717) is 32.5 Å². The second kappa shape index (κ2) is 10.5. The van der Waals surface area contributed by atoms with Gasteiger partial charge in [-0.1, -0.05) is 23.7 Å². The lowest BCUT2D eigenvalue weighted by atomic mass is 10.00. The van der Waals surface area contributed by atoms with Crippen molar-refractivity contribution in [2.75, 3.05) is 19.8 Å². The molecule has 200 valence electrons. The number of hydrogen-bond donors (Lipinski definition) is 6. The van der Waals surface area contributed by atoms with Crippen molar-refractivity contribution in [2.24, 2.45) is 4.99 Å². The number of fused-ring (bicyclic) bond motifs is 1. The fourth-order valence-electron chi connectivity index (χ4n) is 4.04. The summed E-state index contributed by atoms with van der Waals surface area (Å²) in [5.74, 6) is -4.37. The van der Waals surface area contributed by atoms with E-state index in [1.807, 2.05) is 0 Å². The lowest BCUT2D eigenvalue weighted by molar-refractivity contribution is -0.127. The van der Waals surface area contributed by atoms with Gasteiger partial charge in [0, 0.05) is 22.4 Å². The normalized spacial score (nSPS) is 14.7. The molecule has 1 aliphatic rings. The number of benzene rings is 2. The summed E-state index contributed by atoms with van der Waals surface area (Å²) in [5, 5.41) is 42.6. The van der Waals surface area contributed by atoms with E-state index in [2.05, 4.69) is 15.3 Å². The Morgan fingerprint density at radius 3 is 2.50 bits per heavy atom. The molecule has 6 N–H and O–H groups in total. The molecule has 0 bridgehead atoms. The topological polar surface area (TPSA) is 160 Å². The maximum Gasteiger partial charge on any atom is 0.329 e. The maximum atomic E-state index is 14.1. The quantitative estimate of drug-likeness (QED) is 0.252. The Hall–Kier alpha value is -3.84. The first-order valence-corrected chi connectivity index (χ1v) is 11.6. The molecule has 1 aromatic heterocycles. The van der Waals surface area contributed by atoms with Crippen molar-refractivity contribution in [3.05, 3.63) is 79.9 Å². The molecule has 1 aliphatic heterocycles. The van der Waals surface area contributed by atoms with E-state index in [-0.39, 0.29) is 11.3 Å². The number of nitrogens with one attached hydrogen (secondary N) is 2. The number of carbonyl (C=O) groups excluding carboxylic acids is 1. The van der Waals surface area contributed by atoms with Crippen LogP contribution in [0.4, 0.5) is 14.5 Å². The average Bonchev–Trinajstić information content (AvgIpc) is 3.43. The van der Waals surface area contributed by atoms with Gasteiger partial charge in [-0.25, -0.2) is 18.1 Å². The zero-order valence-electron chi connectivity index (χ0n) is 19.9. The number of aromatic nitrogens is 2. The van der Waals surface area contributed by atoms with Crippen molar-refractivity contribution >= 4 is 41.1 Å². The molecular formula is C25H23ClF2N4O6. The number of nitrogens with zero attached hydrogens (tertiary/aromatic N) is 2. The zero-order valence-corrected chi connectivity index (χ0v) is 20.6. The van der Waals surface area contributed by atoms with Crippen molar-refractivity contribution in [3.63, 3.8) is 0 Å². The number of H-pyrrole nitrogens is 1. The third-order valence-corrected chi connectivity index (χ3v) is 6.71. The van der Waals surface area contributed by atoms with Crippen molar-refractivity contribution in [1.29, 1.82) is 0 Å². The number of allylic oxidation sites excluding steroid dienone is 1. The van der Waals surface area contributed by atoms with Crippen LogP contribution in [0.5, 0.6) is 5.88 Å². The molecule has 1 unspecified atom stereocenters. The summed E-state index contributed by atoms with van der Waals surface area (Å²) in [7, 11) is 0. The third-order valence-electron chi connectivity index (χ3n) is 6.30. The predicted octanol–water partition coefficient (Wildman–Crippen LogP) is 1.80. The van der Waals surface area contributed by atoms with E-state index in [1.54, 1.807) is 19.1 Å². The number of aliphatic hydroxyl groups is 3. The molecule has 2 aromatic carbocycles. The molecule has 0 radical (unpaired) electrons. The van der Waals surface area contributed by atoms with Crippen LogP contribution in [0.15, 0.2) is 40.1 Å². The van der Waals surface area contributed by atoms with E-state index in [4.69, 9.17) is 11.6 Å². The summed E-state index contributed by atoms with van der Waals surface area (Å²) in [6.45, 7) is -0.870. The summed E-state index contributed by atoms with van der Waals surface area (Å²) < 4.78 is 28.4. The van der Waals surface area contributed by atoms with Gasteiger partial charge in [0.25, 0.3) is 0 Å². The molecule has 1 atom stereocenters. The van der Waals surface area contributed by atoms with Gasteiger partial charge in [-0.05, 0) is 42.3 Å². The van der Waals surface area contributed by atoms with E-state index < -0.39 is 60.5 Å². The number of amides is 1. The highest BCUT2D eigenvalue weighted by atomic mass is 35.5. The SMILES string of the molecule is Cc1c(Cl)ccc2c1N=CC2=Cc1[nH]c(=O)n(C(C(=O)NC(CO)(CO)CO)c2ccc(F)c(F)c2)c1O.